The number of benzene rings is 2. The number of anilines is 2. The summed E-state index contributed by atoms with van der Waals surface area (Å²) in [7, 11) is -1.18. The first-order valence-corrected chi connectivity index (χ1v) is 18.4. The maximum atomic E-state index is 12.0. The van der Waals surface area contributed by atoms with E-state index >= 15 is 0 Å². The van der Waals surface area contributed by atoms with E-state index in [-0.39, 0.29) is 5.91 Å². The maximum absolute atomic E-state index is 12.0. The van der Waals surface area contributed by atoms with Crippen LogP contribution < -0.4 is 10.2 Å². The van der Waals surface area contributed by atoms with Crippen molar-refractivity contribution in [2.45, 2.75) is 45.3 Å². The molecule has 220 valence electrons. The van der Waals surface area contributed by atoms with E-state index in [1.807, 2.05) is 30.5 Å². The predicted octanol–water partition coefficient (Wildman–Crippen LogP) is 6.16. The largest absolute Gasteiger partial charge is 0.378 e. The average Bonchev–Trinajstić information content (AvgIpc) is 3.41. The summed E-state index contributed by atoms with van der Waals surface area (Å²) < 4.78 is 13.7. The number of nitrogens with zero attached hydrogens (tertiary/aromatic N) is 4. The Labute approximate surface area is 249 Å². The molecule has 42 heavy (non-hydrogen) atoms. The lowest BCUT2D eigenvalue weighted by Crippen LogP contribution is -2.36. The zero-order valence-corrected chi connectivity index (χ0v) is 25.9. The molecule has 0 radical (unpaired) electrons. The Hall–Kier alpha value is -3.79. The van der Waals surface area contributed by atoms with E-state index in [1.54, 1.807) is 0 Å². The number of morpholine rings is 1. The normalized spacial score (nSPS) is 13.8. The lowest BCUT2D eigenvalue weighted by molar-refractivity contribution is -0.111. The number of nitrogens with one attached hydrogen (secondary N) is 1. The van der Waals surface area contributed by atoms with E-state index in [0.717, 1.165) is 73.5 Å². The third-order valence-electron chi connectivity index (χ3n) is 7.40. The molecule has 9 heteroatoms. The molecule has 1 N–H and O–H groups in total. The lowest BCUT2D eigenvalue weighted by Gasteiger charge is -2.29. The number of amides is 1. The smallest absolute Gasteiger partial charge is 0.247 e. The lowest BCUT2D eigenvalue weighted by atomic mass is 10.1. The highest BCUT2D eigenvalue weighted by Crippen LogP contribution is 2.29. The number of fused-ring (bicyclic) bond motifs is 1. The van der Waals surface area contributed by atoms with Crippen molar-refractivity contribution < 1.29 is 14.3 Å². The minimum atomic E-state index is -1.18. The van der Waals surface area contributed by atoms with E-state index < -0.39 is 8.07 Å². The highest BCUT2D eigenvalue weighted by Gasteiger charge is 2.17. The molecule has 5 rings (SSSR count). The molecule has 1 fully saturated rings. The number of aryl methyl sites for hydroxylation is 2. The van der Waals surface area contributed by atoms with Crippen LogP contribution in [-0.2, 0) is 33.8 Å². The molecule has 2 aromatic carbocycles. The van der Waals surface area contributed by atoms with Crippen molar-refractivity contribution in [1.82, 2.24) is 14.5 Å². The van der Waals surface area contributed by atoms with Gasteiger partial charge in [0.1, 0.15) is 18.2 Å². The topological polar surface area (TPSA) is 81.5 Å². The van der Waals surface area contributed by atoms with Gasteiger partial charge < -0.3 is 24.3 Å². The summed E-state index contributed by atoms with van der Waals surface area (Å²) in [6.07, 6.45) is 4.82. The van der Waals surface area contributed by atoms with Gasteiger partial charge in [0.05, 0.1) is 18.9 Å². The quantitative estimate of drug-likeness (QED) is 0.122. The van der Waals surface area contributed by atoms with Crippen LogP contribution in [0.15, 0.2) is 73.4 Å². The van der Waals surface area contributed by atoms with Crippen LogP contribution in [-0.4, -0.2) is 61.4 Å². The molecule has 3 heterocycles. The molecule has 0 bridgehead atoms. The first-order valence-electron chi connectivity index (χ1n) is 14.7. The van der Waals surface area contributed by atoms with Gasteiger partial charge in [-0.3, -0.25) is 4.79 Å². The summed E-state index contributed by atoms with van der Waals surface area (Å²) in [5.74, 6) is 0.526. The van der Waals surface area contributed by atoms with Crippen molar-refractivity contribution in [3.8, 4) is 11.3 Å². The van der Waals surface area contributed by atoms with Crippen molar-refractivity contribution >= 4 is 36.4 Å². The van der Waals surface area contributed by atoms with Crippen LogP contribution in [0.2, 0.25) is 25.7 Å². The average molecular weight is 584 g/mol. The Balaban J connectivity index is 1.43. The van der Waals surface area contributed by atoms with Crippen LogP contribution in [0.4, 0.5) is 11.4 Å². The molecule has 0 atom stereocenters. The molecule has 8 nitrogen and oxygen atoms in total. The van der Waals surface area contributed by atoms with Crippen LogP contribution in [0.1, 0.15) is 11.4 Å². The fourth-order valence-electron chi connectivity index (χ4n) is 5.01. The summed E-state index contributed by atoms with van der Waals surface area (Å²) in [5.41, 5.74) is 5.79. The molecule has 0 spiro atoms. The molecular weight excluding hydrogens is 542 g/mol. The van der Waals surface area contributed by atoms with Crippen molar-refractivity contribution in [3.63, 3.8) is 0 Å². The Kier molecular flexibility index (Phi) is 9.51. The van der Waals surface area contributed by atoms with Crippen molar-refractivity contribution in [2.24, 2.45) is 0 Å². The number of hydrogen-bond acceptors (Lipinski definition) is 6. The van der Waals surface area contributed by atoms with Gasteiger partial charge in [0.15, 0.2) is 0 Å². The highest BCUT2D eigenvalue weighted by molar-refractivity contribution is 6.76. The minimum Gasteiger partial charge on any atom is -0.378 e. The monoisotopic (exact) mass is 583 g/mol. The van der Waals surface area contributed by atoms with Crippen molar-refractivity contribution in [2.75, 3.05) is 43.1 Å². The van der Waals surface area contributed by atoms with E-state index in [9.17, 15) is 4.79 Å². The predicted molar refractivity (Wildman–Crippen MR) is 173 cm³/mol. The molecule has 1 aliphatic rings. The van der Waals surface area contributed by atoms with Gasteiger partial charge in [-0.05, 0) is 54.4 Å². The first kappa shape index (κ1) is 29.7. The number of carbonyl (C=O) groups excluding carboxylic acids is 1. The number of hydrogen-bond donors (Lipinski definition) is 1. The molecule has 0 saturated carbocycles. The van der Waals surface area contributed by atoms with Crippen LogP contribution in [0, 0.1) is 0 Å². The summed E-state index contributed by atoms with van der Waals surface area (Å²) in [4.78, 5) is 24.4. The van der Waals surface area contributed by atoms with Crippen LogP contribution in [0.25, 0.3) is 22.3 Å². The fraction of sp³-hybridized carbons (Fsp3) is 0.364. The van der Waals surface area contributed by atoms with E-state index in [0.29, 0.717) is 18.8 Å². The van der Waals surface area contributed by atoms with Gasteiger partial charge >= 0.3 is 0 Å². The third-order valence-corrected chi connectivity index (χ3v) is 9.11. The number of aromatic nitrogens is 3. The van der Waals surface area contributed by atoms with E-state index in [2.05, 4.69) is 71.3 Å². The van der Waals surface area contributed by atoms with Gasteiger partial charge in [-0.2, -0.15) is 0 Å². The van der Waals surface area contributed by atoms with Crippen molar-refractivity contribution in [3.05, 3.63) is 84.8 Å². The Bertz CT molecular complexity index is 1540. The SMILES string of the molecule is C=CC(=O)Nc1cccc(-c2nc(CCc3cccc(N4CCOCC4)c3)nc3c2ccn3COCC[Si](C)(C)C)c1. The first-order chi connectivity index (χ1) is 20.3. The number of ether oxygens (including phenoxy) is 2. The maximum Gasteiger partial charge on any atom is 0.247 e. The van der Waals surface area contributed by atoms with Crippen LogP contribution in [0.5, 0.6) is 0 Å². The second kappa shape index (κ2) is 13.5. The second-order valence-electron chi connectivity index (χ2n) is 11.9. The summed E-state index contributed by atoms with van der Waals surface area (Å²) in [6.45, 7) is 15.2. The zero-order chi connectivity index (χ0) is 29.5. The zero-order valence-electron chi connectivity index (χ0n) is 24.9. The molecule has 0 unspecified atom stereocenters. The van der Waals surface area contributed by atoms with Gasteiger partial charge in [0.2, 0.25) is 5.91 Å². The van der Waals surface area contributed by atoms with Crippen LogP contribution >= 0.6 is 0 Å². The number of rotatable bonds is 12. The Morgan fingerprint density at radius 1 is 1.07 bits per heavy atom. The second-order valence-corrected chi connectivity index (χ2v) is 17.5. The van der Waals surface area contributed by atoms with E-state index in [1.165, 1.54) is 17.3 Å². The van der Waals surface area contributed by atoms with Crippen molar-refractivity contribution in [1.29, 1.82) is 0 Å². The Morgan fingerprint density at radius 3 is 2.67 bits per heavy atom. The molecule has 1 saturated heterocycles. The standard InChI is InChI=1S/C33H41N5O3Si/c1-5-31(39)34-27-10-7-9-26(23-27)32-29-14-15-38(24-41-20-21-42(2,3)4)33(29)36-30(35-32)13-12-25-8-6-11-28(22-25)37-16-18-40-19-17-37/h5-11,14-15,22-23H,1,12-13,16-21,24H2,2-4H3,(H,34,39). The van der Waals surface area contributed by atoms with Gasteiger partial charge in [-0.25, -0.2) is 9.97 Å². The summed E-state index contributed by atoms with van der Waals surface area (Å²) in [6, 6.07) is 19.7. The molecule has 4 aromatic rings. The number of carbonyl (C=O) groups is 1. The summed E-state index contributed by atoms with van der Waals surface area (Å²) >= 11 is 0. The third kappa shape index (κ3) is 7.73. The summed E-state index contributed by atoms with van der Waals surface area (Å²) in [5, 5.41) is 3.81. The molecule has 1 aliphatic heterocycles. The molecular formula is C33H41N5O3Si. The highest BCUT2D eigenvalue weighted by atomic mass is 28.3. The van der Waals surface area contributed by atoms with Gasteiger partial charge in [0.25, 0.3) is 0 Å². The van der Waals surface area contributed by atoms with Gasteiger partial charge in [-0.1, -0.05) is 50.5 Å². The Morgan fingerprint density at radius 2 is 1.88 bits per heavy atom. The fourth-order valence-corrected chi connectivity index (χ4v) is 5.77. The van der Waals surface area contributed by atoms with Crippen LogP contribution in [0.3, 0.4) is 0 Å². The molecule has 0 aliphatic carbocycles. The minimum absolute atomic E-state index is 0.249. The van der Waals surface area contributed by atoms with E-state index in [4.69, 9.17) is 19.4 Å². The van der Waals surface area contributed by atoms with Gasteiger partial charge in [0, 0.05) is 62.7 Å². The van der Waals surface area contributed by atoms with Gasteiger partial charge in [-0.15, -0.1) is 0 Å². The molecule has 1 amide bonds. The molecule has 2 aromatic heterocycles.